The second-order valence-electron chi connectivity index (χ2n) is 7.08. The number of hydrogen-bond donors (Lipinski definition) is 1. The van der Waals surface area contributed by atoms with Crippen LogP contribution in [0.2, 0.25) is 0 Å². The predicted molar refractivity (Wildman–Crippen MR) is 108 cm³/mol. The Kier molecular flexibility index (Phi) is 5.91. The van der Waals surface area contributed by atoms with Crippen LogP contribution in [-0.4, -0.2) is 65.5 Å². The van der Waals surface area contributed by atoms with Crippen LogP contribution in [0.1, 0.15) is 24.4 Å². The van der Waals surface area contributed by atoms with Crippen LogP contribution in [-0.2, 0) is 19.6 Å². The van der Waals surface area contributed by atoms with Crippen molar-refractivity contribution in [3.63, 3.8) is 0 Å². The molecule has 29 heavy (non-hydrogen) atoms. The number of morpholine rings is 1. The molecule has 0 unspecified atom stereocenters. The molecule has 1 aromatic heterocycles. The minimum atomic E-state index is -3.62. The van der Waals surface area contributed by atoms with E-state index >= 15 is 0 Å². The molecule has 4 rings (SSSR count). The molecule has 156 valence electrons. The number of aryl methyl sites for hydroxylation is 1. The number of ether oxygens (including phenoxy) is 1. The van der Waals surface area contributed by atoms with Gasteiger partial charge in [0.05, 0.1) is 23.9 Å². The van der Waals surface area contributed by atoms with Gasteiger partial charge in [-0.2, -0.15) is 4.31 Å². The quantitative estimate of drug-likeness (QED) is 0.657. The van der Waals surface area contributed by atoms with E-state index in [4.69, 9.17) is 4.74 Å². The van der Waals surface area contributed by atoms with Gasteiger partial charge in [0.25, 0.3) is 0 Å². The smallest absolute Gasteiger partial charge is 0.243 e. The van der Waals surface area contributed by atoms with Crippen molar-refractivity contribution in [1.29, 1.82) is 0 Å². The van der Waals surface area contributed by atoms with Gasteiger partial charge in [0.1, 0.15) is 6.33 Å². The highest BCUT2D eigenvalue weighted by atomic mass is 32.2. The number of thioether (sulfide) groups is 1. The molecule has 0 spiro atoms. The molecule has 1 aliphatic carbocycles. The van der Waals surface area contributed by atoms with Crippen LogP contribution >= 0.6 is 11.8 Å². The standard InChI is InChI=1S/C18H23N5O4S2/c1-13-2-5-15(29(25,26)22-6-8-27-9-7-22)10-16(13)20-17(24)11-28-18-21-19-12-23(18)14-3-4-14/h2,5,10,12,14H,3-4,6-9,11H2,1H3,(H,20,24). The molecule has 0 radical (unpaired) electrons. The first-order valence-corrected chi connectivity index (χ1v) is 11.9. The minimum absolute atomic E-state index is 0.168. The van der Waals surface area contributed by atoms with E-state index in [0.717, 1.165) is 23.6 Å². The summed E-state index contributed by atoms with van der Waals surface area (Å²) in [5, 5.41) is 11.5. The maximum Gasteiger partial charge on any atom is 0.243 e. The summed E-state index contributed by atoms with van der Waals surface area (Å²) in [6.07, 6.45) is 3.92. The molecule has 1 saturated heterocycles. The summed E-state index contributed by atoms with van der Waals surface area (Å²) >= 11 is 1.32. The summed E-state index contributed by atoms with van der Waals surface area (Å²) in [6, 6.07) is 5.25. The fourth-order valence-electron chi connectivity index (χ4n) is 3.09. The van der Waals surface area contributed by atoms with Crippen LogP contribution in [0.4, 0.5) is 5.69 Å². The lowest BCUT2D eigenvalue weighted by Crippen LogP contribution is -2.40. The Labute approximate surface area is 173 Å². The minimum Gasteiger partial charge on any atom is -0.379 e. The molecule has 0 atom stereocenters. The van der Waals surface area contributed by atoms with Crippen molar-refractivity contribution in [2.45, 2.75) is 35.9 Å². The number of carbonyl (C=O) groups excluding carboxylic acids is 1. The fourth-order valence-corrected chi connectivity index (χ4v) is 5.30. The van der Waals surface area contributed by atoms with E-state index in [1.165, 1.54) is 22.1 Å². The number of carbonyl (C=O) groups is 1. The van der Waals surface area contributed by atoms with Crippen molar-refractivity contribution in [3.8, 4) is 0 Å². The van der Waals surface area contributed by atoms with E-state index in [0.29, 0.717) is 38.0 Å². The SMILES string of the molecule is Cc1ccc(S(=O)(=O)N2CCOCC2)cc1NC(=O)CSc1nncn1C1CC1. The lowest BCUT2D eigenvalue weighted by Gasteiger charge is -2.26. The van der Waals surface area contributed by atoms with E-state index in [9.17, 15) is 13.2 Å². The first kappa shape index (κ1) is 20.3. The highest BCUT2D eigenvalue weighted by Gasteiger charge is 2.28. The molecule has 0 bridgehead atoms. The van der Waals surface area contributed by atoms with Crippen molar-refractivity contribution in [2.24, 2.45) is 0 Å². The van der Waals surface area contributed by atoms with Gasteiger partial charge in [0, 0.05) is 24.8 Å². The third-order valence-corrected chi connectivity index (χ3v) is 7.76. The Balaban J connectivity index is 1.43. The third-order valence-electron chi connectivity index (χ3n) is 4.90. The van der Waals surface area contributed by atoms with Crippen molar-refractivity contribution >= 4 is 33.4 Å². The van der Waals surface area contributed by atoms with Gasteiger partial charge in [-0.15, -0.1) is 10.2 Å². The van der Waals surface area contributed by atoms with E-state index in [1.807, 2.05) is 11.5 Å². The topological polar surface area (TPSA) is 106 Å². The number of hydrogen-bond acceptors (Lipinski definition) is 7. The second-order valence-corrected chi connectivity index (χ2v) is 9.96. The summed E-state index contributed by atoms with van der Waals surface area (Å²) in [5.74, 6) is -0.0463. The zero-order valence-electron chi connectivity index (χ0n) is 16.1. The van der Waals surface area contributed by atoms with E-state index in [1.54, 1.807) is 18.5 Å². The normalized spacial score (nSPS) is 18.0. The molecule has 2 heterocycles. The maximum absolute atomic E-state index is 12.9. The Bertz CT molecular complexity index is 997. The first-order valence-electron chi connectivity index (χ1n) is 9.46. The predicted octanol–water partition coefficient (Wildman–Crippen LogP) is 1.67. The van der Waals surface area contributed by atoms with E-state index in [2.05, 4.69) is 15.5 Å². The highest BCUT2D eigenvalue weighted by Crippen LogP contribution is 2.37. The number of rotatable bonds is 7. The van der Waals surface area contributed by atoms with Gasteiger partial charge in [-0.25, -0.2) is 8.42 Å². The maximum atomic E-state index is 12.9. The van der Waals surface area contributed by atoms with Crippen LogP contribution < -0.4 is 5.32 Å². The molecule has 1 aromatic carbocycles. The first-order chi connectivity index (χ1) is 13.9. The van der Waals surface area contributed by atoms with Crippen LogP contribution in [0.15, 0.2) is 34.6 Å². The van der Waals surface area contributed by atoms with Gasteiger partial charge in [0.2, 0.25) is 15.9 Å². The van der Waals surface area contributed by atoms with Crippen molar-refractivity contribution in [1.82, 2.24) is 19.1 Å². The average molecular weight is 438 g/mol. The number of benzene rings is 1. The summed E-state index contributed by atoms with van der Waals surface area (Å²) < 4.78 is 34.4. The third kappa shape index (κ3) is 4.63. The summed E-state index contributed by atoms with van der Waals surface area (Å²) in [6.45, 7) is 3.26. The molecular weight excluding hydrogens is 414 g/mol. The van der Waals surface area contributed by atoms with Gasteiger partial charge in [-0.05, 0) is 37.5 Å². The van der Waals surface area contributed by atoms with Crippen LogP contribution in [0.5, 0.6) is 0 Å². The highest BCUT2D eigenvalue weighted by molar-refractivity contribution is 7.99. The Morgan fingerprint density at radius 1 is 1.31 bits per heavy atom. The zero-order valence-corrected chi connectivity index (χ0v) is 17.7. The van der Waals surface area contributed by atoms with Crippen LogP contribution in [0.25, 0.3) is 0 Å². The Morgan fingerprint density at radius 3 is 2.79 bits per heavy atom. The van der Waals surface area contributed by atoms with Gasteiger partial charge < -0.3 is 14.6 Å². The van der Waals surface area contributed by atoms with Gasteiger partial charge >= 0.3 is 0 Å². The number of nitrogens with zero attached hydrogens (tertiary/aromatic N) is 4. The van der Waals surface area contributed by atoms with Gasteiger partial charge in [-0.1, -0.05) is 17.8 Å². The van der Waals surface area contributed by atoms with Crippen LogP contribution in [0, 0.1) is 6.92 Å². The molecule has 9 nitrogen and oxygen atoms in total. The van der Waals surface area contributed by atoms with Crippen LogP contribution in [0.3, 0.4) is 0 Å². The molecule has 2 aliphatic rings. The molecule has 1 N–H and O–H groups in total. The molecule has 1 saturated carbocycles. The molecule has 1 aliphatic heterocycles. The average Bonchev–Trinajstić information content (AvgIpc) is 3.46. The number of amides is 1. The Hall–Kier alpha value is -1.95. The van der Waals surface area contributed by atoms with E-state index < -0.39 is 10.0 Å². The Morgan fingerprint density at radius 2 is 2.07 bits per heavy atom. The van der Waals surface area contributed by atoms with E-state index in [-0.39, 0.29) is 16.6 Å². The second kappa shape index (κ2) is 8.42. The fraction of sp³-hybridized carbons (Fsp3) is 0.500. The zero-order chi connectivity index (χ0) is 20.4. The number of aromatic nitrogens is 3. The summed E-state index contributed by atoms with van der Waals surface area (Å²) in [4.78, 5) is 12.6. The summed E-state index contributed by atoms with van der Waals surface area (Å²) in [5.41, 5.74) is 1.29. The molecule has 2 aromatic rings. The van der Waals surface area contributed by atoms with Gasteiger partial charge in [-0.3, -0.25) is 4.79 Å². The molecule has 2 fully saturated rings. The van der Waals surface area contributed by atoms with Gasteiger partial charge in [0.15, 0.2) is 5.16 Å². The number of sulfonamides is 1. The number of anilines is 1. The summed E-state index contributed by atoms with van der Waals surface area (Å²) in [7, 11) is -3.62. The molecule has 11 heteroatoms. The molecule has 1 amide bonds. The lowest BCUT2D eigenvalue weighted by atomic mass is 10.2. The lowest BCUT2D eigenvalue weighted by molar-refractivity contribution is -0.113. The largest absolute Gasteiger partial charge is 0.379 e. The number of nitrogens with one attached hydrogen (secondary N) is 1. The van der Waals surface area contributed by atoms with Crippen molar-refractivity contribution in [3.05, 3.63) is 30.1 Å². The monoisotopic (exact) mass is 437 g/mol. The molecular formula is C18H23N5O4S2. The van der Waals surface area contributed by atoms with Crippen molar-refractivity contribution in [2.75, 3.05) is 37.4 Å². The van der Waals surface area contributed by atoms with Crippen molar-refractivity contribution < 1.29 is 17.9 Å².